The Morgan fingerprint density at radius 1 is 0.885 bits per heavy atom. The Morgan fingerprint density at radius 2 is 1.50 bits per heavy atom. The molecule has 2 N–H and O–H groups in total. The minimum absolute atomic E-state index is 0.471. The number of hydrogen-bond donors (Lipinski definition) is 1. The van der Waals surface area contributed by atoms with Crippen molar-refractivity contribution in [3.63, 3.8) is 0 Å². The molecule has 0 aliphatic carbocycles. The van der Waals surface area contributed by atoms with E-state index in [-0.39, 0.29) is 0 Å². The highest BCUT2D eigenvalue weighted by Gasteiger charge is 2.05. The van der Waals surface area contributed by atoms with Gasteiger partial charge in [0.2, 0.25) is 0 Å². The van der Waals surface area contributed by atoms with Crippen molar-refractivity contribution in [2.45, 2.75) is 13.5 Å². The minimum Gasteiger partial charge on any atom is -0.487 e. The van der Waals surface area contributed by atoms with Crippen molar-refractivity contribution in [1.82, 2.24) is 0 Å². The molecule has 0 unspecified atom stereocenters. The number of nitrogens with two attached hydrogens (primary N) is 1. The van der Waals surface area contributed by atoms with Gasteiger partial charge in [0.15, 0.2) is 0 Å². The molecule has 0 heterocycles. The van der Waals surface area contributed by atoms with Gasteiger partial charge in [-0.3, -0.25) is 0 Å². The lowest BCUT2D eigenvalue weighted by molar-refractivity contribution is 0.306. The summed E-state index contributed by atoms with van der Waals surface area (Å²) in [6, 6.07) is 23.3. The molecule has 3 aromatic carbocycles. The van der Waals surface area contributed by atoms with Crippen LogP contribution in [-0.2, 0) is 18.2 Å². The topological polar surface area (TPSA) is 78.6 Å². The number of hydrogen-bond acceptors (Lipinski definition) is 5. The maximum absolute atomic E-state index is 8.29. The molecular weight excluding hydrogens is 350 g/mol. The predicted octanol–water partition coefficient (Wildman–Crippen LogP) is 4.28. The first kappa shape index (κ1) is 19.2. The van der Waals surface area contributed by atoms with Crippen LogP contribution in [0.2, 0.25) is 0 Å². The van der Waals surface area contributed by atoms with Gasteiger partial charge in [0.25, 0.3) is 0 Å². The van der Waals surface area contributed by atoms with Crippen molar-refractivity contribution in [2.75, 3.05) is 5.73 Å². The second kappa shape index (κ2) is 10.0. The summed E-state index contributed by atoms with van der Waals surface area (Å²) in [5, 5.41) is 0. The lowest BCUT2D eigenvalue weighted by atomic mass is 10.2. The van der Waals surface area contributed by atoms with Gasteiger partial charge < -0.3 is 15.2 Å². The highest BCUT2D eigenvalue weighted by atomic mass is 32.1. The Labute approximate surface area is 156 Å². The van der Waals surface area contributed by atoms with Crippen LogP contribution in [-0.4, -0.2) is 8.42 Å². The number of aryl methyl sites for hydroxylation is 1. The highest BCUT2D eigenvalue weighted by molar-refractivity contribution is 7.51. The summed E-state index contributed by atoms with van der Waals surface area (Å²) in [4.78, 5) is 0. The van der Waals surface area contributed by atoms with Gasteiger partial charge in [0, 0.05) is 6.07 Å². The summed E-state index contributed by atoms with van der Waals surface area (Å²) in [5.41, 5.74) is 8.87. The standard InChI is InChI=1S/C20H19NO2.O2S/c1-15-7-9-17(10-8-15)23-18-11-12-19(21)20(13-18)22-14-16-5-3-2-4-6-16;1-3-2/h2-13H,14,21H2,1H3;. The largest absolute Gasteiger partial charge is 0.487 e. The van der Waals surface area contributed by atoms with Crippen LogP contribution in [0, 0.1) is 6.92 Å². The normalized spacial score (nSPS) is 9.58. The molecule has 0 saturated heterocycles. The first-order chi connectivity index (χ1) is 12.6. The third-order valence-electron chi connectivity index (χ3n) is 3.48. The molecule has 26 heavy (non-hydrogen) atoms. The number of anilines is 1. The smallest absolute Gasteiger partial charge is 0.335 e. The molecule has 0 aliphatic rings. The van der Waals surface area contributed by atoms with Crippen molar-refractivity contribution >= 4 is 17.3 Å². The summed E-state index contributed by atoms with van der Waals surface area (Å²) >= 11 is -0.750. The van der Waals surface area contributed by atoms with Gasteiger partial charge >= 0.3 is 11.6 Å². The van der Waals surface area contributed by atoms with Crippen molar-refractivity contribution < 1.29 is 17.9 Å². The monoisotopic (exact) mass is 369 g/mol. The van der Waals surface area contributed by atoms with Gasteiger partial charge in [-0.1, -0.05) is 48.0 Å². The van der Waals surface area contributed by atoms with Gasteiger partial charge in [-0.25, -0.2) is 0 Å². The summed E-state index contributed by atoms with van der Waals surface area (Å²) in [5.74, 6) is 2.11. The molecule has 3 aromatic rings. The van der Waals surface area contributed by atoms with Crippen molar-refractivity contribution in [3.8, 4) is 17.2 Å². The highest BCUT2D eigenvalue weighted by Crippen LogP contribution is 2.30. The number of rotatable bonds is 5. The number of ether oxygens (including phenoxy) is 2. The van der Waals surface area contributed by atoms with Gasteiger partial charge in [0.1, 0.15) is 23.9 Å². The van der Waals surface area contributed by atoms with Gasteiger partial charge in [-0.2, -0.15) is 8.42 Å². The average molecular weight is 369 g/mol. The van der Waals surface area contributed by atoms with Crippen molar-refractivity contribution in [1.29, 1.82) is 0 Å². The molecule has 0 spiro atoms. The molecule has 0 amide bonds. The summed E-state index contributed by atoms with van der Waals surface area (Å²) in [6.07, 6.45) is 0. The molecule has 0 atom stereocenters. The maximum atomic E-state index is 8.29. The fourth-order valence-electron chi connectivity index (χ4n) is 2.18. The van der Waals surface area contributed by atoms with Gasteiger partial charge in [-0.05, 0) is 36.8 Å². The number of benzene rings is 3. The molecule has 6 heteroatoms. The van der Waals surface area contributed by atoms with E-state index in [1.165, 1.54) is 5.56 Å². The lowest BCUT2D eigenvalue weighted by Crippen LogP contribution is -1.99. The van der Waals surface area contributed by atoms with Crippen LogP contribution in [0.1, 0.15) is 11.1 Å². The molecule has 134 valence electrons. The van der Waals surface area contributed by atoms with Crippen LogP contribution in [0.15, 0.2) is 72.8 Å². The SMILES string of the molecule is Cc1ccc(Oc2ccc(N)c(OCc3ccccc3)c2)cc1.O=S=O. The average Bonchev–Trinajstić information content (AvgIpc) is 2.65. The van der Waals surface area contributed by atoms with E-state index in [9.17, 15) is 0 Å². The Bertz CT molecular complexity index is 861. The molecule has 0 radical (unpaired) electrons. The molecule has 5 nitrogen and oxygen atoms in total. The second-order valence-electron chi connectivity index (χ2n) is 5.46. The summed E-state index contributed by atoms with van der Waals surface area (Å²) in [7, 11) is 0. The first-order valence-electron chi connectivity index (χ1n) is 7.85. The molecular formula is C20H19NO4S. The Hall–Kier alpha value is -3.12. The molecule has 0 aromatic heterocycles. The van der Waals surface area contributed by atoms with E-state index in [1.807, 2.05) is 73.7 Å². The van der Waals surface area contributed by atoms with Crippen molar-refractivity contribution in [3.05, 3.63) is 83.9 Å². The van der Waals surface area contributed by atoms with E-state index in [4.69, 9.17) is 23.6 Å². The third kappa shape index (κ3) is 6.07. The van der Waals surface area contributed by atoms with Crippen LogP contribution in [0.4, 0.5) is 5.69 Å². The van der Waals surface area contributed by atoms with Crippen LogP contribution in [0.25, 0.3) is 0 Å². The summed E-state index contributed by atoms with van der Waals surface area (Å²) < 4.78 is 28.2. The Morgan fingerprint density at radius 3 is 2.15 bits per heavy atom. The van der Waals surface area contributed by atoms with Crippen LogP contribution < -0.4 is 15.2 Å². The molecule has 0 saturated carbocycles. The third-order valence-corrected chi connectivity index (χ3v) is 3.48. The van der Waals surface area contributed by atoms with E-state index < -0.39 is 11.6 Å². The Kier molecular flexibility index (Phi) is 7.39. The number of nitrogen functional groups attached to an aromatic ring is 1. The Balaban J connectivity index is 0.000000758. The lowest BCUT2D eigenvalue weighted by Gasteiger charge is -2.12. The molecule has 0 bridgehead atoms. The van der Waals surface area contributed by atoms with E-state index in [2.05, 4.69) is 0 Å². The van der Waals surface area contributed by atoms with Gasteiger partial charge in [0.05, 0.1) is 5.69 Å². The maximum Gasteiger partial charge on any atom is 0.335 e. The van der Waals surface area contributed by atoms with Crippen LogP contribution >= 0.6 is 0 Å². The molecule has 0 fully saturated rings. The molecule has 3 rings (SSSR count). The van der Waals surface area contributed by atoms with E-state index in [0.29, 0.717) is 23.8 Å². The fraction of sp³-hybridized carbons (Fsp3) is 0.100. The van der Waals surface area contributed by atoms with Crippen LogP contribution in [0.3, 0.4) is 0 Å². The van der Waals surface area contributed by atoms with E-state index >= 15 is 0 Å². The van der Waals surface area contributed by atoms with Crippen LogP contribution in [0.5, 0.6) is 17.2 Å². The predicted molar refractivity (Wildman–Crippen MR) is 102 cm³/mol. The summed E-state index contributed by atoms with van der Waals surface area (Å²) in [6.45, 7) is 2.52. The van der Waals surface area contributed by atoms with Crippen molar-refractivity contribution in [2.24, 2.45) is 0 Å². The first-order valence-corrected chi connectivity index (χ1v) is 8.51. The zero-order valence-electron chi connectivity index (χ0n) is 14.3. The van der Waals surface area contributed by atoms with Gasteiger partial charge in [-0.15, -0.1) is 0 Å². The van der Waals surface area contributed by atoms with E-state index in [1.54, 1.807) is 6.07 Å². The van der Waals surface area contributed by atoms with E-state index in [0.717, 1.165) is 11.3 Å². The molecule has 0 aliphatic heterocycles. The zero-order valence-corrected chi connectivity index (χ0v) is 15.1. The quantitative estimate of drug-likeness (QED) is 0.679. The minimum atomic E-state index is -0.750. The second-order valence-corrected chi connectivity index (χ2v) is 5.59. The fourth-order valence-corrected chi connectivity index (χ4v) is 2.18. The zero-order chi connectivity index (χ0) is 18.8.